The molecule has 0 aromatic carbocycles. The number of nitrogens with one attached hydrogen (secondary N) is 1. The molecule has 4 nitrogen and oxygen atoms in total. The minimum absolute atomic E-state index is 0.190. The van der Waals surface area contributed by atoms with E-state index in [1.165, 1.54) is 0 Å². The van der Waals surface area contributed by atoms with E-state index >= 15 is 0 Å². The van der Waals surface area contributed by atoms with E-state index < -0.39 is 5.60 Å². The Hall–Kier alpha value is -1.21. The van der Waals surface area contributed by atoms with Gasteiger partial charge in [-0.05, 0) is 53.0 Å². The highest BCUT2D eigenvalue weighted by molar-refractivity contribution is 5.68. The van der Waals surface area contributed by atoms with Crippen LogP contribution >= 0.6 is 0 Å². The van der Waals surface area contributed by atoms with Crippen LogP contribution in [0.25, 0.3) is 0 Å². The lowest BCUT2D eigenvalue weighted by Gasteiger charge is -2.33. The summed E-state index contributed by atoms with van der Waals surface area (Å²) in [4.78, 5) is 13.7. The van der Waals surface area contributed by atoms with Gasteiger partial charge in [0.25, 0.3) is 0 Å². The number of ether oxygens (including phenoxy) is 1. The average molecular weight is 280 g/mol. The quantitative estimate of drug-likeness (QED) is 0.622. The van der Waals surface area contributed by atoms with Gasteiger partial charge in [0.05, 0.1) is 0 Å². The number of terminal acetylenes is 1. The third-order valence-corrected chi connectivity index (χ3v) is 3.33. The van der Waals surface area contributed by atoms with Crippen molar-refractivity contribution in [2.75, 3.05) is 19.6 Å². The summed E-state index contributed by atoms with van der Waals surface area (Å²) in [5, 5.41) is 3.54. The Kier molecular flexibility index (Phi) is 6.87. The molecule has 0 aromatic rings. The van der Waals surface area contributed by atoms with Crippen molar-refractivity contribution in [2.24, 2.45) is 0 Å². The molecule has 20 heavy (non-hydrogen) atoms. The van der Waals surface area contributed by atoms with Crippen LogP contribution in [0.2, 0.25) is 0 Å². The molecule has 1 aliphatic rings. The number of amides is 1. The summed E-state index contributed by atoms with van der Waals surface area (Å²) in [5.41, 5.74) is -0.413. The molecule has 0 spiro atoms. The summed E-state index contributed by atoms with van der Waals surface area (Å²) in [7, 11) is 0. The third kappa shape index (κ3) is 6.81. The van der Waals surface area contributed by atoms with Crippen LogP contribution in [0, 0.1) is 12.3 Å². The number of rotatable bonds is 5. The largest absolute Gasteiger partial charge is 0.444 e. The molecule has 0 aliphatic carbocycles. The van der Waals surface area contributed by atoms with Crippen molar-refractivity contribution in [3.63, 3.8) is 0 Å². The monoisotopic (exact) mass is 280 g/mol. The molecule has 1 heterocycles. The number of nitrogens with zero attached hydrogens (tertiary/aromatic N) is 1. The van der Waals surface area contributed by atoms with Gasteiger partial charge >= 0.3 is 6.09 Å². The summed E-state index contributed by atoms with van der Waals surface area (Å²) in [6.07, 6.45) is 10.1. The Balaban J connectivity index is 2.17. The number of hydrogen-bond donors (Lipinski definition) is 1. The molecule has 0 atom stereocenters. The van der Waals surface area contributed by atoms with Crippen LogP contribution < -0.4 is 5.32 Å². The molecule has 1 fully saturated rings. The second-order valence-electron chi connectivity index (χ2n) is 6.36. The maximum atomic E-state index is 11.9. The lowest BCUT2D eigenvalue weighted by molar-refractivity contribution is 0.0198. The lowest BCUT2D eigenvalue weighted by atomic mass is 10.1. The van der Waals surface area contributed by atoms with Crippen molar-refractivity contribution < 1.29 is 9.53 Å². The predicted molar refractivity (Wildman–Crippen MR) is 81.5 cm³/mol. The van der Waals surface area contributed by atoms with Gasteiger partial charge in [-0.15, -0.1) is 12.3 Å². The molecule has 1 N–H and O–H groups in total. The lowest BCUT2D eigenvalue weighted by Crippen LogP contribution is -2.46. The zero-order chi connectivity index (χ0) is 15.0. The Morgan fingerprint density at radius 1 is 1.35 bits per heavy atom. The molecule has 4 heteroatoms. The zero-order valence-electron chi connectivity index (χ0n) is 13.1. The summed E-state index contributed by atoms with van der Waals surface area (Å²) >= 11 is 0. The van der Waals surface area contributed by atoms with Crippen LogP contribution in [0.4, 0.5) is 4.79 Å². The topological polar surface area (TPSA) is 41.6 Å². The van der Waals surface area contributed by atoms with Gasteiger partial charge in [0.15, 0.2) is 0 Å². The van der Waals surface area contributed by atoms with Gasteiger partial charge in [0, 0.05) is 25.6 Å². The molecule has 1 amide bonds. The van der Waals surface area contributed by atoms with Crippen molar-refractivity contribution in [2.45, 2.75) is 64.5 Å². The van der Waals surface area contributed by atoms with Crippen LogP contribution in [0.5, 0.6) is 0 Å². The molecule has 1 rings (SSSR count). The Bertz CT molecular complexity index is 333. The molecule has 0 aromatic heterocycles. The third-order valence-electron chi connectivity index (χ3n) is 3.33. The van der Waals surface area contributed by atoms with E-state index in [0.717, 1.165) is 51.7 Å². The molecule has 1 aliphatic heterocycles. The van der Waals surface area contributed by atoms with Crippen molar-refractivity contribution in [1.29, 1.82) is 0 Å². The van der Waals surface area contributed by atoms with Gasteiger partial charge in [-0.1, -0.05) is 0 Å². The fourth-order valence-corrected chi connectivity index (χ4v) is 2.25. The fourth-order valence-electron chi connectivity index (χ4n) is 2.25. The van der Waals surface area contributed by atoms with E-state index in [-0.39, 0.29) is 6.09 Å². The standard InChI is InChI=1S/C16H28N2O2/c1-5-6-7-8-11-17-14-9-12-18(13-10-14)15(19)20-16(2,3)4/h1,14,17H,6-13H2,2-4H3. The molecule has 0 saturated carbocycles. The van der Waals surface area contributed by atoms with Crippen LogP contribution in [0.1, 0.15) is 52.9 Å². The van der Waals surface area contributed by atoms with Gasteiger partial charge in [-0.2, -0.15) is 0 Å². The Labute approximate surface area is 123 Å². The van der Waals surface area contributed by atoms with E-state index in [1.807, 2.05) is 25.7 Å². The average Bonchev–Trinajstić information content (AvgIpc) is 2.37. The molecular formula is C16H28N2O2. The first kappa shape index (κ1) is 16.8. The van der Waals surface area contributed by atoms with E-state index in [4.69, 9.17) is 11.2 Å². The highest BCUT2D eigenvalue weighted by Crippen LogP contribution is 2.15. The van der Waals surface area contributed by atoms with E-state index in [0.29, 0.717) is 6.04 Å². The number of piperidine rings is 1. The molecule has 0 unspecified atom stereocenters. The number of carbonyl (C=O) groups excluding carboxylic acids is 1. The molecule has 114 valence electrons. The van der Waals surface area contributed by atoms with E-state index in [2.05, 4.69) is 11.2 Å². The number of hydrogen-bond acceptors (Lipinski definition) is 3. The van der Waals surface area contributed by atoms with Crippen LogP contribution in [0.3, 0.4) is 0 Å². The number of unbranched alkanes of at least 4 members (excludes halogenated alkanes) is 2. The summed E-state index contributed by atoms with van der Waals surface area (Å²) in [5.74, 6) is 2.66. The fraction of sp³-hybridized carbons (Fsp3) is 0.812. The van der Waals surface area contributed by atoms with E-state index in [9.17, 15) is 4.79 Å². The number of likely N-dealkylation sites (tertiary alicyclic amines) is 1. The first-order valence-corrected chi connectivity index (χ1v) is 7.57. The molecule has 0 bridgehead atoms. The first-order chi connectivity index (χ1) is 9.42. The maximum Gasteiger partial charge on any atom is 0.410 e. The molecule has 0 radical (unpaired) electrons. The van der Waals surface area contributed by atoms with Gasteiger partial charge in [-0.25, -0.2) is 4.79 Å². The Morgan fingerprint density at radius 3 is 2.55 bits per heavy atom. The SMILES string of the molecule is C#CCCCCNC1CCN(C(=O)OC(C)(C)C)CC1. The highest BCUT2D eigenvalue weighted by Gasteiger charge is 2.26. The summed E-state index contributed by atoms with van der Waals surface area (Å²) in [6.45, 7) is 8.26. The van der Waals surface area contributed by atoms with Crippen LogP contribution in [-0.2, 0) is 4.74 Å². The second kappa shape index (κ2) is 8.16. The van der Waals surface area contributed by atoms with E-state index in [1.54, 1.807) is 0 Å². The van der Waals surface area contributed by atoms with Crippen LogP contribution in [-0.4, -0.2) is 42.3 Å². The Morgan fingerprint density at radius 2 is 2.00 bits per heavy atom. The van der Waals surface area contributed by atoms with Crippen molar-refractivity contribution in [3.8, 4) is 12.3 Å². The molecular weight excluding hydrogens is 252 g/mol. The van der Waals surface area contributed by atoms with Gasteiger partial charge in [-0.3, -0.25) is 0 Å². The zero-order valence-corrected chi connectivity index (χ0v) is 13.1. The van der Waals surface area contributed by atoms with Crippen molar-refractivity contribution in [1.82, 2.24) is 10.2 Å². The normalized spacial score (nSPS) is 16.8. The van der Waals surface area contributed by atoms with Crippen molar-refractivity contribution in [3.05, 3.63) is 0 Å². The minimum atomic E-state index is -0.413. The second-order valence-corrected chi connectivity index (χ2v) is 6.36. The van der Waals surface area contributed by atoms with Crippen molar-refractivity contribution >= 4 is 6.09 Å². The predicted octanol–water partition coefficient (Wildman–Crippen LogP) is 2.78. The summed E-state index contributed by atoms with van der Waals surface area (Å²) < 4.78 is 5.39. The molecule has 1 saturated heterocycles. The first-order valence-electron chi connectivity index (χ1n) is 7.57. The number of carbonyl (C=O) groups is 1. The minimum Gasteiger partial charge on any atom is -0.444 e. The smallest absolute Gasteiger partial charge is 0.410 e. The summed E-state index contributed by atoms with van der Waals surface area (Å²) in [6, 6.07) is 0.513. The van der Waals surface area contributed by atoms with Crippen LogP contribution in [0.15, 0.2) is 0 Å². The van der Waals surface area contributed by atoms with Gasteiger partial charge < -0.3 is 15.0 Å². The maximum absolute atomic E-state index is 11.9. The van der Waals surface area contributed by atoms with Gasteiger partial charge in [0.2, 0.25) is 0 Å². The highest BCUT2D eigenvalue weighted by atomic mass is 16.6. The van der Waals surface area contributed by atoms with Gasteiger partial charge in [0.1, 0.15) is 5.60 Å².